The number of hydrogen-bond donors (Lipinski definition) is 2. The van der Waals surface area contributed by atoms with Gasteiger partial charge in [-0.1, -0.05) is 28.1 Å². The molecule has 0 fully saturated rings. The molecular weight excluding hydrogens is 258 g/mol. The summed E-state index contributed by atoms with van der Waals surface area (Å²) in [6.45, 7) is 1.73. The van der Waals surface area contributed by atoms with Gasteiger partial charge in [0.15, 0.2) is 0 Å². The predicted octanol–water partition coefficient (Wildman–Crippen LogP) is 1.49. The van der Waals surface area contributed by atoms with Crippen molar-refractivity contribution in [1.29, 1.82) is 0 Å². The summed E-state index contributed by atoms with van der Waals surface area (Å²) in [4.78, 5) is 11.5. The van der Waals surface area contributed by atoms with E-state index in [0.29, 0.717) is 6.42 Å². The molecule has 0 aliphatic heterocycles. The molecule has 0 heterocycles. The van der Waals surface area contributed by atoms with Gasteiger partial charge in [0.1, 0.15) is 0 Å². The second kappa shape index (κ2) is 5.88. The molecule has 4 heteroatoms. The third kappa shape index (κ3) is 4.44. The molecular formula is C11H14BrNO2. The maximum Gasteiger partial charge on any atom is 0.224 e. The highest BCUT2D eigenvalue weighted by molar-refractivity contribution is 9.10. The topological polar surface area (TPSA) is 49.3 Å². The Bertz CT molecular complexity index is 341. The molecule has 82 valence electrons. The van der Waals surface area contributed by atoms with Gasteiger partial charge in [0.25, 0.3) is 0 Å². The Balaban J connectivity index is 2.51. The third-order valence-electron chi connectivity index (χ3n) is 1.93. The molecule has 0 spiro atoms. The summed E-state index contributed by atoms with van der Waals surface area (Å²) in [6.07, 6.45) is 0.337. The van der Waals surface area contributed by atoms with Crippen LogP contribution in [0, 0.1) is 0 Å². The van der Waals surface area contributed by atoms with Crippen LogP contribution in [0.2, 0.25) is 0 Å². The van der Waals surface area contributed by atoms with Gasteiger partial charge >= 0.3 is 0 Å². The van der Waals surface area contributed by atoms with Gasteiger partial charge in [-0.25, -0.2) is 0 Å². The molecule has 1 rings (SSSR count). The molecule has 0 aliphatic carbocycles. The lowest BCUT2D eigenvalue weighted by Gasteiger charge is -2.10. The minimum Gasteiger partial charge on any atom is -0.394 e. The molecule has 0 aliphatic rings. The fourth-order valence-electron chi connectivity index (χ4n) is 1.20. The summed E-state index contributed by atoms with van der Waals surface area (Å²) in [5.74, 6) is -0.0744. The van der Waals surface area contributed by atoms with E-state index < -0.39 is 0 Å². The van der Waals surface area contributed by atoms with Crippen molar-refractivity contribution in [1.82, 2.24) is 5.32 Å². The number of benzene rings is 1. The zero-order valence-corrected chi connectivity index (χ0v) is 10.1. The van der Waals surface area contributed by atoms with Gasteiger partial charge < -0.3 is 10.4 Å². The van der Waals surface area contributed by atoms with Gasteiger partial charge in [-0.2, -0.15) is 0 Å². The lowest BCUT2D eigenvalue weighted by molar-refractivity contribution is -0.121. The van der Waals surface area contributed by atoms with Crippen LogP contribution in [0.5, 0.6) is 0 Å². The van der Waals surface area contributed by atoms with Gasteiger partial charge in [0.2, 0.25) is 5.91 Å². The number of carbonyl (C=O) groups is 1. The molecule has 0 saturated heterocycles. The Morgan fingerprint density at radius 1 is 1.60 bits per heavy atom. The summed E-state index contributed by atoms with van der Waals surface area (Å²) in [6, 6.07) is 7.42. The zero-order chi connectivity index (χ0) is 11.3. The number of hydrogen-bond acceptors (Lipinski definition) is 2. The van der Waals surface area contributed by atoms with Crippen molar-refractivity contribution in [3.8, 4) is 0 Å². The molecule has 1 amide bonds. The van der Waals surface area contributed by atoms with E-state index in [-0.39, 0.29) is 18.6 Å². The van der Waals surface area contributed by atoms with Gasteiger partial charge in [-0.3, -0.25) is 4.79 Å². The molecule has 3 nitrogen and oxygen atoms in total. The molecule has 15 heavy (non-hydrogen) atoms. The second-order valence-corrected chi connectivity index (χ2v) is 4.37. The molecule has 0 radical (unpaired) electrons. The fourth-order valence-corrected chi connectivity index (χ4v) is 1.65. The lowest BCUT2D eigenvalue weighted by Crippen LogP contribution is -2.35. The normalized spacial score (nSPS) is 12.2. The van der Waals surface area contributed by atoms with Crippen LogP contribution < -0.4 is 5.32 Å². The Morgan fingerprint density at radius 3 is 2.93 bits per heavy atom. The minimum atomic E-state index is -0.190. The summed E-state index contributed by atoms with van der Waals surface area (Å²) < 4.78 is 0.961. The predicted molar refractivity (Wildman–Crippen MR) is 62.5 cm³/mol. The van der Waals surface area contributed by atoms with E-state index in [1.807, 2.05) is 24.3 Å². The number of amides is 1. The van der Waals surface area contributed by atoms with Crippen molar-refractivity contribution >= 4 is 21.8 Å². The molecule has 0 saturated carbocycles. The van der Waals surface area contributed by atoms with Crippen molar-refractivity contribution in [3.63, 3.8) is 0 Å². The Kier molecular flexibility index (Phi) is 4.78. The summed E-state index contributed by atoms with van der Waals surface area (Å²) in [7, 11) is 0. The largest absolute Gasteiger partial charge is 0.394 e. The van der Waals surface area contributed by atoms with E-state index >= 15 is 0 Å². The van der Waals surface area contributed by atoms with E-state index in [4.69, 9.17) is 5.11 Å². The average molecular weight is 272 g/mol. The van der Waals surface area contributed by atoms with Crippen molar-refractivity contribution in [2.24, 2.45) is 0 Å². The summed E-state index contributed by atoms with van der Waals surface area (Å²) in [5, 5.41) is 11.5. The van der Waals surface area contributed by atoms with E-state index in [2.05, 4.69) is 21.2 Å². The molecule has 1 aromatic carbocycles. The number of nitrogens with one attached hydrogen (secondary N) is 1. The average Bonchev–Trinajstić information content (AvgIpc) is 2.17. The number of aliphatic hydroxyl groups excluding tert-OH is 1. The van der Waals surface area contributed by atoms with Crippen molar-refractivity contribution in [3.05, 3.63) is 34.3 Å². The van der Waals surface area contributed by atoms with Crippen molar-refractivity contribution < 1.29 is 9.90 Å². The summed E-state index contributed by atoms with van der Waals surface area (Å²) in [5.41, 5.74) is 0.951. The van der Waals surface area contributed by atoms with Crippen LogP contribution in [-0.2, 0) is 11.2 Å². The van der Waals surface area contributed by atoms with Gasteiger partial charge in [0.05, 0.1) is 13.0 Å². The molecule has 1 atom stereocenters. The highest BCUT2D eigenvalue weighted by Crippen LogP contribution is 2.11. The standard InChI is InChI=1S/C11H14BrNO2/c1-8(7-14)13-11(15)6-9-3-2-4-10(12)5-9/h2-5,8,14H,6-7H2,1H3,(H,13,15)/t8-/m1/s1. The number of halogens is 1. The quantitative estimate of drug-likeness (QED) is 0.872. The second-order valence-electron chi connectivity index (χ2n) is 3.46. The number of aliphatic hydroxyl groups is 1. The van der Waals surface area contributed by atoms with Crippen LogP contribution in [0.1, 0.15) is 12.5 Å². The molecule has 0 unspecified atom stereocenters. The molecule has 1 aromatic rings. The SMILES string of the molecule is C[C@H](CO)NC(=O)Cc1cccc(Br)c1. The minimum absolute atomic E-state index is 0.0375. The van der Waals surface area contributed by atoms with Crippen LogP contribution in [0.4, 0.5) is 0 Å². The first kappa shape index (κ1) is 12.2. The highest BCUT2D eigenvalue weighted by Gasteiger charge is 2.06. The smallest absolute Gasteiger partial charge is 0.224 e. The number of rotatable bonds is 4. The van der Waals surface area contributed by atoms with Crippen LogP contribution in [0.3, 0.4) is 0 Å². The first-order valence-corrected chi connectivity index (χ1v) is 5.56. The zero-order valence-electron chi connectivity index (χ0n) is 8.53. The Hall–Kier alpha value is -0.870. The molecule has 0 aromatic heterocycles. The number of carbonyl (C=O) groups excluding carboxylic acids is 1. The van der Waals surface area contributed by atoms with Crippen LogP contribution in [0.25, 0.3) is 0 Å². The van der Waals surface area contributed by atoms with E-state index in [0.717, 1.165) is 10.0 Å². The van der Waals surface area contributed by atoms with Gasteiger partial charge in [0, 0.05) is 10.5 Å². The van der Waals surface area contributed by atoms with Crippen molar-refractivity contribution in [2.75, 3.05) is 6.61 Å². The third-order valence-corrected chi connectivity index (χ3v) is 2.43. The van der Waals surface area contributed by atoms with E-state index in [1.54, 1.807) is 6.92 Å². The van der Waals surface area contributed by atoms with Crippen molar-refractivity contribution in [2.45, 2.75) is 19.4 Å². The maximum atomic E-state index is 11.5. The van der Waals surface area contributed by atoms with Crippen LogP contribution in [0.15, 0.2) is 28.7 Å². The molecule has 2 N–H and O–H groups in total. The van der Waals surface area contributed by atoms with E-state index in [9.17, 15) is 4.79 Å². The monoisotopic (exact) mass is 271 g/mol. The lowest BCUT2D eigenvalue weighted by atomic mass is 10.1. The first-order chi connectivity index (χ1) is 7.11. The van der Waals surface area contributed by atoms with Gasteiger partial charge in [-0.05, 0) is 24.6 Å². The molecule has 0 bridgehead atoms. The highest BCUT2D eigenvalue weighted by atomic mass is 79.9. The van der Waals surface area contributed by atoms with E-state index in [1.165, 1.54) is 0 Å². The first-order valence-electron chi connectivity index (χ1n) is 4.76. The Labute approximate surface area is 97.6 Å². The Morgan fingerprint density at radius 2 is 2.33 bits per heavy atom. The maximum absolute atomic E-state index is 11.5. The van der Waals surface area contributed by atoms with Gasteiger partial charge in [-0.15, -0.1) is 0 Å². The summed E-state index contributed by atoms with van der Waals surface area (Å²) >= 11 is 3.34. The fraction of sp³-hybridized carbons (Fsp3) is 0.364. The van der Waals surface area contributed by atoms with Crippen LogP contribution >= 0.6 is 15.9 Å². The van der Waals surface area contributed by atoms with Crippen LogP contribution in [-0.4, -0.2) is 23.7 Å².